The van der Waals surface area contributed by atoms with Crippen LogP contribution in [0.5, 0.6) is 0 Å². The number of carbonyl (C=O) groups excluding carboxylic acids is 2. The number of carbonyl (C=O) groups is 3. The highest BCUT2D eigenvalue weighted by atomic mass is 31.2. The number of carboxylic acids is 1. The summed E-state index contributed by atoms with van der Waals surface area (Å²) in [7, 11) is -4.73. The molecule has 0 aromatic heterocycles. The number of allylic oxidation sites excluding steroid dienone is 10. The fourth-order valence-electron chi connectivity index (χ4n) is 6.50. The molecule has 62 heavy (non-hydrogen) atoms. The average Bonchev–Trinajstić information content (AvgIpc) is 3.25. The molecule has 0 fully saturated rings. The highest BCUT2D eigenvalue weighted by Gasteiger charge is 2.28. The molecular formula is C50H88NO10P. The zero-order valence-corrected chi connectivity index (χ0v) is 39.8. The van der Waals surface area contributed by atoms with Gasteiger partial charge in [-0.3, -0.25) is 23.4 Å². The molecule has 0 spiro atoms. The minimum absolute atomic E-state index is 0.155. The summed E-state index contributed by atoms with van der Waals surface area (Å²) in [5, 5.41) is 8.91. The van der Waals surface area contributed by atoms with Gasteiger partial charge in [-0.05, 0) is 57.8 Å². The fraction of sp³-hybridized carbons (Fsp3) is 0.740. The quantitative estimate of drug-likeness (QED) is 0.0230. The number of ether oxygens (including phenoxy) is 2. The van der Waals surface area contributed by atoms with Gasteiger partial charge in [0, 0.05) is 12.8 Å². The highest BCUT2D eigenvalue weighted by molar-refractivity contribution is 7.47. The number of phosphoric ester groups is 1. The van der Waals surface area contributed by atoms with Crippen molar-refractivity contribution in [2.24, 2.45) is 5.73 Å². The summed E-state index contributed by atoms with van der Waals surface area (Å²) in [5.41, 5.74) is 5.34. The van der Waals surface area contributed by atoms with Crippen molar-refractivity contribution in [3.8, 4) is 0 Å². The smallest absolute Gasteiger partial charge is 0.472 e. The zero-order chi connectivity index (χ0) is 45.6. The van der Waals surface area contributed by atoms with Gasteiger partial charge < -0.3 is 25.2 Å². The van der Waals surface area contributed by atoms with E-state index in [9.17, 15) is 23.8 Å². The Labute approximate surface area is 377 Å². The number of hydrogen-bond donors (Lipinski definition) is 3. The second-order valence-electron chi connectivity index (χ2n) is 16.2. The van der Waals surface area contributed by atoms with Crippen LogP contribution in [0.2, 0.25) is 0 Å². The molecule has 0 aliphatic rings. The van der Waals surface area contributed by atoms with Crippen LogP contribution >= 0.6 is 7.82 Å². The van der Waals surface area contributed by atoms with E-state index < -0.39 is 51.1 Å². The van der Waals surface area contributed by atoms with Crippen LogP contribution in [-0.4, -0.2) is 59.9 Å². The molecule has 0 saturated heterocycles. The summed E-state index contributed by atoms with van der Waals surface area (Å²) in [5.74, 6) is -2.42. The number of nitrogens with two attached hydrogens (primary N) is 1. The number of hydrogen-bond acceptors (Lipinski definition) is 9. The Morgan fingerprint density at radius 3 is 1.35 bits per heavy atom. The summed E-state index contributed by atoms with van der Waals surface area (Å²) >= 11 is 0. The number of phosphoric acid groups is 1. The van der Waals surface area contributed by atoms with E-state index in [1.54, 1.807) is 0 Å². The Bertz CT molecular complexity index is 1280. The summed E-state index contributed by atoms with van der Waals surface area (Å²) in [6.07, 6.45) is 52.8. The van der Waals surface area contributed by atoms with Crippen molar-refractivity contribution < 1.29 is 47.5 Å². The standard InChI is InChI=1S/C50H88NO10P/c1-3-5-7-9-11-13-15-17-19-21-23-25-27-29-31-33-35-37-39-41-48(52)58-43-46(44-59-62(56,57)60-45-47(51)50(54)55)61-49(53)42-40-38-36-34-32-30-28-26-24-22-20-18-16-14-12-10-8-6-4-2/h5,7,11,13,17,19,23,25,29,31,46-47H,3-4,6,8-10,12,14-16,18,20-22,24,26-28,30,32-45,51H2,1-2H3,(H,54,55)(H,56,57)/b7-5-,13-11-,19-17-,25-23-,31-29-/t46-,47+/m1/s1. The second-order valence-corrected chi connectivity index (χ2v) is 17.7. The molecule has 0 amide bonds. The molecule has 0 aromatic rings. The molecule has 0 saturated carbocycles. The van der Waals surface area contributed by atoms with Crippen LogP contribution in [0.25, 0.3) is 0 Å². The van der Waals surface area contributed by atoms with Crippen LogP contribution in [0.1, 0.15) is 206 Å². The van der Waals surface area contributed by atoms with Crippen LogP contribution in [0.3, 0.4) is 0 Å². The van der Waals surface area contributed by atoms with E-state index in [-0.39, 0.29) is 19.4 Å². The van der Waals surface area contributed by atoms with Crippen molar-refractivity contribution in [3.05, 3.63) is 60.8 Å². The maximum atomic E-state index is 12.7. The second kappa shape index (κ2) is 44.8. The summed E-state index contributed by atoms with van der Waals surface area (Å²) in [4.78, 5) is 46.1. The van der Waals surface area contributed by atoms with Gasteiger partial charge in [-0.15, -0.1) is 0 Å². The van der Waals surface area contributed by atoms with Gasteiger partial charge in [0.2, 0.25) is 0 Å². The van der Waals surface area contributed by atoms with E-state index in [0.717, 1.165) is 70.6 Å². The van der Waals surface area contributed by atoms with Crippen LogP contribution in [0.4, 0.5) is 0 Å². The lowest BCUT2D eigenvalue weighted by molar-refractivity contribution is -0.161. The first-order valence-corrected chi connectivity index (χ1v) is 25.8. The number of esters is 2. The van der Waals surface area contributed by atoms with Crippen molar-refractivity contribution >= 4 is 25.7 Å². The van der Waals surface area contributed by atoms with Crippen molar-refractivity contribution in [1.82, 2.24) is 0 Å². The number of rotatable bonds is 45. The van der Waals surface area contributed by atoms with E-state index in [4.69, 9.17) is 24.8 Å². The number of carboxylic acid groups (broad SMARTS) is 1. The molecule has 358 valence electrons. The molecular weight excluding hydrogens is 806 g/mol. The fourth-order valence-corrected chi connectivity index (χ4v) is 7.28. The predicted molar refractivity (Wildman–Crippen MR) is 254 cm³/mol. The molecule has 0 heterocycles. The van der Waals surface area contributed by atoms with Gasteiger partial charge in [-0.2, -0.15) is 0 Å². The molecule has 0 rings (SSSR count). The van der Waals surface area contributed by atoms with Crippen LogP contribution in [0.15, 0.2) is 60.8 Å². The Morgan fingerprint density at radius 2 is 0.903 bits per heavy atom. The topological polar surface area (TPSA) is 172 Å². The first kappa shape index (κ1) is 59.2. The van der Waals surface area contributed by atoms with Crippen LogP contribution in [0, 0.1) is 0 Å². The third-order valence-corrected chi connectivity index (χ3v) is 11.2. The van der Waals surface area contributed by atoms with Crippen molar-refractivity contribution in [2.45, 2.75) is 219 Å². The third-order valence-electron chi connectivity index (χ3n) is 10.3. The maximum absolute atomic E-state index is 12.7. The minimum Gasteiger partial charge on any atom is -0.480 e. The largest absolute Gasteiger partial charge is 0.480 e. The summed E-state index contributed by atoms with van der Waals surface area (Å²) < 4.78 is 32.8. The monoisotopic (exact) mass is 894 g/mol. The highest BCUT2D eigenvalue weighted by Crippen LogP contribution is 2.43. The molecule has 12 heteroatoms. The molecule has 1 unspecified atom stereocenters. The van der Waals surface area contributed by atoms with Gasteiger partial charge in [-0.1, -0.05) is 197 Å². The van der Waals surface area contributed by atoms with E-state index in [1.165, 1.54) is 96.3 Å². The average molecular weight is 894 g/mol. The normalized spacial score (nSPS) is 14.1. The number of aliphatic carboxylic acids is 1. The van der Waals surface area contributed by atoms with Gasteiger partial charge in [-0.25, -0.2) is 4.57 Å². The van der Waals surface area contributed by atoms with Crippen molar-refractivity contribution in [2.75, 3.05) is 19.8 Å². The maximum Gasteiger partial charge on any atom is 0.472 e. The molecule has 0 radical (unpaired) electrons. The lowest BCUT2D eigenvalue weighted by atomic mass is 10.0. The summed E-state index contributed by atoms with van der Waals surface area (Å²) in [6.45, 7) is 2.68. The van der Waals surface area contributed by atoms with E-state index in [1.807, 2.05) is 0 Å². The molecule has 4 N–H and O–H groups in total. The van der Waals surface area contributed by atoms with Crippen molar-refractivity contribution in [3.63, 3.8) is 0 Å². The van der Waals surface area contributed by atoms with E-state index >= 15 is 0 Å². The van der Waals surface area contributed by atoms with E-state index in [2.05, 4.69) is 79.1 Å². The van der Waals surface area contributed by atoms with E-state index in [0.29, 0.717) is 12.8 Å². The first-order valence-electron chi connectivity index (χ1n) is 24.3. The molecule has 0 bridgehead atoms. The van der Waals surface area contributed by atoms with Gasteiger partial charge in [0.25, 0.3) is 0 Å². The Balaban J connectivity index is 4.34. The molecule has 0 aromatic carbocycles. The van der Waals surface area contributed by atoms with Gasteiger partial charge in [0.05, 0.1) is 13.2 Å². The lowest BCUT2D eigenvalue weighted by Gasteiger charge is -2.20. The third kappa shape index (κ3) is 43.8. The molecule has 0 aliphatic carbocycles. The minimum atomic E-state index is -4.73. The lowest BCUT2D eigenvalue weighted by Crippen LogP contribution is -2.34. The van der Waals surface area contributed by atoms with Crippen LogP contribution in [-0.2, 0) is 37.5 Å². The molecule has 3 atom stereocenters. The zero-order valence-electron chi connectivity index (χ0n) is 38.9. The predicted octanol–water partition coefficient (Wildman–Crippen LogP) is 13.5. The Kier molecular flexibility index (Phi) is 42.7. The Hall–Kier alpha value is -2.82. The van der Waals surface area contributed by atoms with Gasteiger partial charge in [0.15, 0.2) is 6.10 Å². The first-order chi connectivity index (χ1) is 30.1. The Morgan fingerprint density at radius 1 is 0.516 bits per heavy atom. The van der Waals surface area contributed by atoms with Gasteiger partial charge in [0.1, 0.15) is 12.6 Å². The SMILES string of the molecule is CC/C=C\C/C=C\C/C=C\C/C=C\C/C=C\CCCCCC(=O)OC[C@H](COP(=O)(O)OC[C@H](N)C(=O)O)OC(=O)CCCCCCCCCCCCCCCCCCCCC. The molecule has 0 aliphatic heterocycles. The summed E-state index contributed by atoms with van der Waals surface area (Å²) in [6, 6.07) is -1.53. The van der Waals surface area contributed by atoms with Crippen molar-refractivity contribution in [1.29, 1.82) is 0 Å². The molecule has 11 nitrogen and oxygen atoms in total. The van der Waals surface area contributed by atoms with Crippen LogP contribution < -0.4 is 5.73 Å². The number of unbranched alkanes of at least 4 members (excludes halogenated alkanes) is 21. The van der Waals surface area contributed by atoms with Gasteiger partial charge >= 0.3 is 25.7 Å².